The van der Waals surface area contributed by atoms with Gasteiger partial charge in [-0.1, -0.05) is 6.07 Å². The highest BCUT2D eigenvalue weighted by Crippen LogP contribution is 2.17. The molecule has 2 rings (SSSR count). The molecular formula is C12H19N3O. The van der Waals surface area contributed by atoms with Gasteiger partial charge in [0.25, 0.3) is 0 Å². The Bertz CT molecular complexity index is 337. The molecule has 0 spiro atoms. The SMILES string of the molecule is CC1CN(c2ccc([C@H](C)N)cn2)CCO1. The lowest BCUT2D eigenvalue weighted by Gasteiger charge is -2.32. The number of morpholine rings is 1. The summed E-state index contributed by atoms with van der Waals surface area (Å²) < 4.78 is 5.50. The Kier molecular flexibility index (Phi) is 3.41. The van der Waals surface area contributed by atoms with E-state index in [2.05, 4.69) is 16.8 Å². The van der Waals surface area contributed by atoms with Crippen molar-refractivity contribution < 1.29 is 4.74 Å². The van der Waals surface area contributed by atoms with E-state index >= 15 is 0 Å². The van der Waals surface area contributed by atoms with Gasteiger partial charge in [0, 0.05) is 25.3 Å². The normalized spacial score (nSPS) is 23.2. The number of hydrogen-bond acceptors (Lipinski definition) is 4. The number of anilines is 1. The van der Waals surface area contributed by atoms with Crippen LogP contribution in [0, 0.1) is 0 Å². The van der Waals surface area contributed by atoms with E-state index in [1.54, 1.807) is 0 Å². The fraction of sp³-hybridized carbons (Fsp3) is 0.583. The Hall–Kier alpha value is -1.13. The molecule has 0 radical (unpaired) electrons. The van der Waals surface area contributed by atoms with Crippen LogP contribution in [-0.2, 0) is 4.74 Å². The van der Waals surface area contributed by atoms with E-state index in [9.17, 15) is 0 Å². The molecule has 1 aromatic rings. The van der Waals surface area contributed by atoms with Crippen molar-refractivity contribution in [3.05, 3.63) is 23.9 Å². The second kappa shape index (κ2) is 4.80. The number of pyridine rings is 1. The minimum Gasteiger partial charge on any atom is -0.375 e. The van der Waals surface area contributed by atoms with E-state index in [1.807, 2.05) is 25.3 Å². The number of aromatic nitrogens is 1. The van der Waals surface area contributed by atoms with E-state index in [0.29, 0.717) is 0 Å². The van der Waals surface area contributed by atoms with Crippen LogP contribution in [0.3, 0.4) is 0 Å². The maximum Gasteiger partial charge on any atom is 0.128 e. The first kappa shape index (κ1) is 11.4. The largest absolute Gasteiger partial charge is 0.375 e. The van der Waals surface area contributed by atoms with Gasteiger partial charge in [0.1, 0.15) is 5.82 Å². The zero-order valence-corrected chi connectivity index (χ0v) is 9.89. The fourth-order valence-corrected chi connectivity index (χ4v) is 1.88. The minimum atomic E-state index is 0.0464. The Labute approximate surface area is 96.4 Å². The first-order chi connectivity index (χ1) is 7.66. The average Bonchev–Trinajstić information content (AvgIpc) is 2.29. The van der Waals surface area contributed by atoms with Crippen LogP contribution in [0.15, 0.2) is 18.3 Å². The monoisotopic (exact) mass is 221 g/mol. The van der Waals surface area contributed by atoms with Gasteiger partial charge in [0.2, 0.25) is 0 Å². The van der Waals surface area contributed by atoms with E-state index in [0.717, 1.165) is 31.1 Å². The number of rotatable bonds is 2. The van der Waals surface area contributed by atoms with E-state index in [1.165, 1.54) is 0 Å². The molecule has 2 atom stereocenters. The molecule has 1 saturated heterocycles. The maximum atomic E-state index is 5.79. The van der Waals surface area contributed by atoms with Crippen LogP contribution in [0.1, 0.15) is 25.5 Å². The molecule has 1 aromatic heterocycles. The molecule has 4 heteroatoms. The predicted molar refractivity (Wildman–Crippen MR) is 64.5 cm³/mol. The molecule has 16 heavy (non-hydrogen) atoms. The van der Waals surface area contributed by atoms with Gasteiger partial charge in [-0.05, 0) is 25.5 Å². The van der Waals surface area contributed by atoms with Gasteiger partial charge < -0.3 is 15.4 Å². The molecule has 0 aromatic carbocycles. The van der Waals surface area contributed by atoms with Crippen LogP contribution in [-0.4, -0.2) is 30.8 Å². The van der Waals surface area contributed by atoms with Gasteiger partial charge in [-0.2, -0.15) is 0 Å². The van der Waals surface area contributed by atoms with E-state index in [4.69, 9.17) is 10.5 Å². The summed E-state index contributed by atoms with van der Waals surface area (Å²) in [5.41, 5.74) is 6.86. The van der Waals surface area contributed by atoms with Crippen molar-refractivity contribution in [2.75, 3.05) is 24.6 Å². The molecule has 0 saturated carbocycles. The highest BCUT2D eigenvalue weighted by molar-refractivity contribution is 5.40. The van der Waals surface area contributed by atoms with Crippen LogP contribution in [0.2, 0.25) is 0 Å². The summed E-state index contributed by atoms with van der Waals surface area (Å²) in [6.07, 6.45) is 2.14. The quantitative estimate of drug-likeness (QED) is 0.818. The standard InChI is InChI=1S/C12H19N3O/c1-9-8-15(5-6-16-9)12-4-3-11(7-14-12)10(2)13/h3-4,7,9-10H,5-6,8,13H2,1-2H3/t9?,10-/m0/s1. The number of hydrogen-bond donors (Lipinski definition) is 1. The topological polar surface area (TPSA) is 51.4 Å². The number of nitrogens with zero attached hydrogens (tertiary/aromatic N) is 2. The lowest BCUT2D eigenvalue weighted by atomic mass is 10.1. The summed E-state index contributed by atoms with van der Waals surface area (Å²) in [6.45, 7) is 6.65. The fourth-order valence-electron chi connectivity index (χ4n) is 1.88. The summed E-state index contributed by atoms with van der Waals surface area (Å²) in [6, 6.07) is 4.13. The van der Waals surface area contributed by atoms with Crippen molar-refractivity contribution in [3.8, 4) is 0 Å². The summed E-state index contributed by atoms with van der Waals surface area (Å²) >= 11 is 0. The molecule has 0 aliphatic carbocycles. The van der Waals surface area contributed by atoms with E-state index in [-0.39, 0.29) is 12.1 Å². The molecule has 1 fully saturated rings. The van der Waals surface area contributed by atoms with Crippen LogP contribution in [0.25, 0.3) is 0 Å². The number of nitrogens with two attached hydrogens (primary N) is 1. The number of ether oxygens (including phenoxy) is 1. The van der Waals surface area contributed by atoms with Crippen molar-refractivity contribution in [2.24, 2.45) is 5.73 Å². The zero-order chi connectivity index (χ0) is 11.5. The van der Waals surface area contributed by atoms with Crippen molar-refractivity contribution in [3.63, 3.8) is 0 Å². The molecule has 4 nitrogen and oxygen atoms in total. The van der Waals surface area contributed by atoms with Gasteiger partial charge in [-0.3, -0.25) is 0 Å². The smallest absolute Gasteiger partial charge is 0.128 e. The molecule has 0 amide bonds. The van der Waals surface area contributed by atoms with Crippen LogP contribution >= 0.6 is 0 Å². The Morgan fingerprint density at radius 2 is 2.38 bits per heavy atom. The summed E-state index contributed by atoms with van der Waals surface area (Å²) in [7, 11) is 0. The molecule has 1 aliphatic rings. The third-order valence-electron chi connectivity index (χ3n) is 2.86. The van der Waals surface area contributed by atoms with Gasteiger partial charge >= 0.3 is 0 Å². The van der Waals surface area contributed by atoms with Crippen LogP contribution in [0.5, 0.6) is 0 Å². The molecule has 2 N–H and O–H groups in total. The molecule has 1 aliphatic heterocycles. The lowest BCUT2D eigenvalue weighted by molar-refractivity contribution is 0.0529. The highest BCUT2D eigenvalue weighted by atomic mass is 16.5. The van der Waals surface area contributed by atoms with Crippen LogP contribution < -0.4 is 10.6 Å². The highest BCUT2D eigenvalue weighted by Gasteiger charge is 2.17. The molecular weight excluding hydrogens is 202 g/mol. The Morgan fingerprint density at radius 1 is 1.56 bits per heavy atom. The Balaban J connectivity index is 2.09. The first-order valence-corrected chi connectivity index (χ1v) is 5.75. The van der Waals surface area contributed by atoms with Gasteiger partial charge in [0.15, 0.2) is 0 Å². The van der Waals surface area contributed by atoms with Crippen molar-refractivity contribution >= 4 is 5.82 Å². The summed E-state index contributed by atoms with van der Waals surface area (Å²) in [5.74, 6) is 1.01. The van der Waals surface area contributed by atoms with Gasteiger partial charge in [-0.15, -0.1) is 0 Å². The molecule has 2 heterocycles. The van der Waals surface area contributed by atoms with Crippen molar-refractivity contribution in [1.29, 1.82) is 0 Å². The molecule has 1 unspecified atom stereocenters. The lowest BCUT2D eigenvalue weighted by Crippen LogP contribution is -2.41. The third-order valence-corrected chi connectivity index (χ3v) is 2.86. The minimum absolute atomic E-state index is 0.0464. The Morgan fingerprint density at radius 3 is 2.94 bits per heavy atom. The van der Waals surface area contributed by atoms with Gasteiger partial charge in [0.05, 0.1) is 12.7 Å². The first-order valence-electron chi connectivity index (χ1n) is 5.75. The zero-order valence-electron chi connectivity index (χ0n) is 9.89. The second-order valence-corrected chi connectivity index (χ2v) is 4.37. The second-order valence-electron chi connectivity index (χ2n) is 4.37. The maximum absolute atomic E-state index is 5.79. The molecule has 0 bridgehead atoms. The van der Waals surface area contributed by atoms with Crippen molar-refractivity contribution in [1.82, 2.24) is 4.98 Å². The average molecular weight is 221 g/mol. The van der Waals surface area contributed by atoms with E-state index < -0.39 is 0 Å². The van der Waals surface area contributed by atoms with Gasteiger partial charge in [-0.25, -0.2) is 4.98 Å². The summed E-state index contributed by atoms with van der Waals surface area (Å²) in [5, 5.41) is 0. The van der Waals surface area contributed by atoms with Crippen LogP contribution in [0.4, 0.5) is 5.82 Å². The predicted octanol–water partition coefficient (Wildman–Crippen LogP) is 1.33. The summed E-state index contributed by atoms with van der Waals surface area (Å²) in [4.78, 5) is 6.70. The van der Waals surface area contributed by atoms with Crippen molar-refractivity contribution in [2.45, 2.75) is 26.0 Å². The third kappa shape index (κ3) is 2.51. The molecule has 88 valence electrons.